The van der Waals surface area contributed by atoms with Crippen molar-refractivity contribution in [3.8, 4) is 0 Å². The number of carbonyl (C=O) groups is 2. The molecule has 1 unspecified atom stereocenters. The van der Waals surface area contributed by atoms with Crippen molar-refractivity contribution >= 4 is 68.5 Å². The molecule has 2 N–H and O–H groups in total. The molecule has 1 aliphatic heterocycles. The second-order valence-electron chi connectivity index (χ2n) is 9.45. The summed E-state index contributed by atoms with van der Waals surface area (Å²) >= 11 is 13.0. The van der Waals surface area contributed by atoms with Gasteiger partial charge in [-0.2, -0.15) is 13.2 Å². The number of thioether (sulfide) groups is 1. The van der Waals surface area contributed by atoms with Gasteiger partial charge in [0.05, 0.1) is 18.7 Å². The van der Waals surface area contributed by atoms with Crippen LogP contribution >= 0.6 is 35.0 Å². The molecule has 13 heteroatoms. The van der Waals surface area contributed by atoms with Crippen molar-refractivity contribution in [2.24, 2.45) is 4.99 Å². The summed E-state index contributed by atoms with van der Waals surface area (Å²) in [6.45, 7) is -0.292. The first-order chi connectivity index (χ1) is 20.0. The van der Waals surface area contributed by atoms with Crippen molar-refractivity contribution in [3.63, 3.8) is 0 Å². The monoisotopic (exact) mass is 632 g/mol. The van der Waals surface area contributed by atoms with Gasteiger partial charge in [0, 0.05) is 33.2 Å². The van der Waals surface area contributed by atoms with E-state index in [2.05, 4.69) is 15.3 Å². The molecule has 1 aliphatic rings. The van der Waals surface area contributed by atoms with Crippen molar-refractivity contribution < 1.29 is 22.8 Å². The minimum atomic E-state index is -4.52. The molecule has 0 aliphatic carbocycles. The highest BCUT2D eigenvalue weighted by Gasteiger charge is 2.39. The molecule has 1 atom stereocenters. The van der Waals surface area contributed by atoms with Crippen molar-refractivity contribution in [1.29, 1.82) is 0 Å². The molecule has 7 nitrogen and oxygen atoms in total. The first-order valence-electron chi connectivity index (χ1n) is 12.5. The zero-order valence-electron chi connectivity index (χ0n) is 21.5. The van der Waals surface area contributed by atoms with E-state index in [1.165, 1.54) is 35.2 Å². The Hall–Kier alpha value is -3.80. The number of aromatic amines is 1. The molecular weight excluding hydrogens is 612 g/mol. The van der Waals surface area contributed by atoms with Crippen LogP contribution in [0.3, 0.4) is 0 Å². The standard InChI is InChI=1S/C29H21Cl2F3N4O3S/c30-20-10-21(31)12-22(11-20)36-25(39)13-24-27(41)38(15-18-9-17-5-1-2-7-23(17)37-26(18)40)28(42-24)35-14-16-4-3-6-19(8-16)29(32,33)34/h1-12,24H,13-15H2,(H,36,39)(H,37,40). The molecule has 2 heterocycles. The van der Waals surface area contributed by atoms with Gasteiger partial charge in [-0.3, -0.25) is 24.3 Å². The highest BCUT2D eigenvalue weighted by atomic mass is 35.5. The number of halogens is 5. The van der Waals surface area contributed by atoms with E-state index in [-0.39, 0.29) is 35.8 Å². The number of benzene rings is 3. The third-order valence-electron chi connectivity index (χ3n) is 6.35. The summed E-state index contributed by atoms with van der Waals surface area (Å²) in [5, 5.41) is 3.36. The number of hydrogen-bond donors (Lipinski definition) is 2. The number of nitrogens with zero attached hydrogens (tertiary/aromatic N) is 2. The lowest BCUT2D eigenvalue weighted by atomic mass is 10.1. The van der Waals surface area contributed by atoms with Crippen LogP contribution in [-0.4, -0.2) is 32.1 Å². The minimum Gasteiger partial charge on any atom is -0.326 e. The molecule has 3 aromatic carbocycles. The summed E-state index contributed by atoms with van der Waals surface area (Å²) < 4.78 is 39.6. The van der Waals surface area contributed by atoms with Gasteiger partial charge < -0.3 is 10.3 Å². The van der Waals surface area contributed by atoms with Crippen LogP contribution in [0.1, 0.15) is 23.1 Å². The predicted molar refractivity (Wildman–Crippen MR) is 159 cm³/mol. The molecular formula is C29H21Cl2F3N4O3S. The van der Waals surface area contributed by atoms with Gasteiger partial charge in [-0.25, -0.2) is 0 Å². The van der Waals surface area contributed by atoms with Crippen molar-refractivity contribution in [2.45, 2.75) is 30.9 Å². The lowest BCUT2D eigenvalue weighted by Gasteiger charge is -2.17. The summed E-state index contributed by atoms with van der Waals surface area (Å²) in [4.78, 5) is 47.7. The highest BCUT2D eigenvalue weighted by molar-refractivity contribution is 8.15. The van der Waals surface area contributed by atoms with Gasteiger partial charge >= 0.3 is 6.18 Å². The summed E-state index contributed by atoms with van der Waals surface area (Å²) in [7, 11) is 0. The summed E-state index contributed by atoms with van der Waals surface area (Å²) in [6.07, 6.45) is -4.75. The number of amides is 2. The third kappa shape index (κ3) is 6.97. The third-order valence-corrected chi connectivity index (χ3v) is 8.00. The van der Waals surface area contributed by atoms with Gasteiger partial charge in [0.2, 0.25) is 11.8 Å². The summed E-state index contributed by atoms with van der Waals surface area (Å²) in [5.74, 6) is -0.948. The average Bonchev–Trinajstić information content (AvgIpc) is 3.20. The number of rotatable bonds is 7. The van der Waals surface area contributed by atoms with E-state index in [1.54, 1.807) is 18.2 Å². The van der Waals surface area contributed by atoms with Crippen molar-refractivity contribution in [2.75, 3.05) is 5.32 Å². The van der Waals surface area contributed by atoms with Gasteiger partial charge in [0.25, 0.3) is 5.56 Å². The van der Waals surface area contributed by atoms with E-state index >= 15 is 0 Å². The van der Waals surface area contributed by atoms with Crippen LogP contribution in [0, 0.1) is 0 Å². The molecule has 42 heavy (non-hydrogen) atoms. The van der Waals surface area contributed by atoms with Gasteiger partial charge in [0.15, 0.2) is 5.17 Å². The Morgan fingerprint density at radius 1 is 1.00 bits per heavy atom. The molecule has 1 fully saturated rings. The Kier molecular flexibility index (Phi) is 8.63. The van der Waals surface area contributed by atoms with Crippen molar-refractivity contribution in [3.05, 3.63) is 110 Å². The predicted octanol–water partition coefficient (Wildman–Crippen LogP) is 6.88. The number of nitrogens with one attached hydrogen (secondary N) is 2. The maximum Gasteiger partial charge on any atom is 0.416 e. The maximum atomic E-state index is 13.5. The highest BCUT2D eigenvalue weighted by Crippen LogP contribution is 2.33. The fourth-order valence-corrected chi connectivity index (χ4v) is 6.06. The number of anilines is 1. The smallest absolute Gasteiger partial charge is 0.326 e. The number of H-pyrrole nitrogens is 1. The minimum absolute atomic E-state index is 0.143. The van der Waals surface area contributed by atoms with Crippen LogP contribution in [0.25, 0.3) is 10.9 Å². The fourth-order valence-electron chi connectivity index (χ4n) is 4.40. The van der Waals surface area contributed by atoms with Crippen molar-refractivity contribution in [1.82, 2.24) is 9.88 Å². The first-order valence-corrected chi connectivity index (χ1v) is 14.2. The zero-order chi connectivity index (χ0) is 30.0. The number of amidine groups is 1. The van der Waals surface area contributed by atoms with E-state index in [9.17, 15) is 27.6 Å². The van der Waals surface area contributed by atoms with Gasteiger partial charge in [-0.15, -0.1) is 0 Å². The summed E-state index contributed by atoms with van der Waals surface area (Å²) in [5.41, 5.74) is 0.336. The van der Waals surface area contributed by atoms with Gasteiger partial charge in [-0.1, -0.05) is 65.3 Å². The quantitative estimate of drug-likeness (QED) is 0.232. The van der Waals surface area contributed by atoms with E-state index < -0.39 is 34.4 Å². The Labute approximate surface area is 251 Å². The summed E-state index contributed by atoms with van der Waals surface area (Å²) in [6, 6.07) is 18.1. The van der Waals surface area contributed by atoms with Gasteiger partial charge in [-0.05, 0) is 53.4 Å². The second kappa shape index (κ2) is 12.2. The molecule has 4 aromatic rings. The molecule has 0 radical (unpaired) electrons. The van der Waals surface area contributed by atoms with Gasteiger partial charge in [0.1, 0.15) is 5.25 Å². The molecule has 216 valence electrons. The lowest BCUT2D eigenvalue weighted by Crippen LogP contribution is -2.35. The van der Waals surface area contributed by atoms with E-state index in [4.69, 9.17) is 23.2 Å². The van der Waals surface area contributed by atoms with E-state index in [0.717, 1.165) is 29.3 Å². The number of aliphatic imine (C=N–C) groups is 1. The largest absolute Gasteiger partial charge is 0.416 e. The maximum absolute atomic E-state index is 13.5. The SMILES string of the molecule is O=C(CC1SC(=NCc2cccc(C(F)(F)F)c2)N(Cc2cc3ccccc3[nH]c2=O)C1=O)Nc1cc(Cl)cc(Cl)c1. The molecule has 0 spiro atoms. The van der Waals surface area contributed by atoms with Crippen LogP contribution in [0.5, 0.6) is 0 Å². The van der Waals surface area contributed by atoms with Crippen LogP contribution in [0.2, 0.25) is 10.0 Å². The van der Waals surface area contributed by atoms with E-state index in [1.807, 2.05) is 12.1 Å². The topological polar surface area (TPSA) is 94.6 Å². The molecule has 5 rings (SSSR count). The van der Waals surface area contributed by atoms with Crippen LogP contribution < -0.4 is 10.9 Å². The van der Waals surface area contributed by atoms with Crippen LogP contribution in [-0.2, 0) is 28.9 Å². The Balaban J connectivity index is 1.41. The Morgan fingerprint density at radius 3 is 2.48 bits per heavy atom. The normalized spacial score (nSPS) is 16.4. The Morgan fingerprint density at radius 2 is 1.74 bits per heavy atom. The number of alkyl halides is 3. The van der Waals surface area contributed by atoms with E-state index in [0.29, 0.717) is 21.2 Å². The molecule has 2 amide bonds. The fraction of sp³-hybridized carbons (Fsp3) is 0.172. The first kappa shape index (κ1) is 29.7. The molecule has 1 aromatic heterocycles. The molecule has 0 saturated carbocycles. The number of fused-ring (bicyclic) bond motifs is 1. The Bertz CT molecular complexity index is 1760. The molecule has 0 bridgehead atoms. The second-order valence-corrected chi connectivity index (χ2v) is 11.5. The number of pyridine rings is 1. The number of carbonyl (C=O) groups excluding carboxylic acids is 2. The van der Waals surface area contributed by atoms with Crippen LogP contribution in [0.4, 0.5) is 18.9 Å². The average molecular weight is 633 g/mol. The molecule has 1 saturated heterocycles. The number of hydrogen-bond acceptors (Lipinski definition) is 5. The number of aromatic nitrogens is 1. The lowest BCUT2D eigenvalue weighted by molar-refractivity contribution is -0.137. The zero-order valence-corrected chi connectivity index (χ0v) is 23.9. The van der Waals surface area contributed by atoms with Crippen LogP contribution in [0.15, 0.2) is 82.6 Å². The number of para-hydroxylation sites is 1.